The van der Waals surface area contributed by atoms with Crippen LogP contribution in [-0.4, -0.2) is 36.2 Å². The minimum atomic E-state index is -1.63. The third-order valence-electron chi connectivity index (χ3n) is 1.73. The summed E-state index contributed by atoms with van der Waals surface area (Å²) in [5.74, 6) is 0.246. The number of hydrogen-bond acceptors (Lipinski definition) is 4. The fraction of sp³-hybridized carbons (Fsp3) is 0.500. The van der Waals surface area contributed by atoms with Gasteiger partial charge in [0.1, 0.15) is 0 Å². The molecular formula is C8H11N3O2. The fourth-order valence-electron chi connectivity index (χ4n) is 1.11. The van der Waals surface area contributed by atoms with Crippen LogP contribution in [-0.2, 0) is 4.74 Å². The molecule has 0 amide bonds. The van der Waals surface area contributed by atoms with E-state index < -0.39 is 6.50 Å². The number of morpholine rings is 1. The molecule has 70 valence electrons. The second-order valence-electron chi connectivity index (χ2n) is 2.62. The maximum Gasteiger partial charge on any atom is 0.252 e. The average Bonchev–Trinajstić information content (AvgIpc) is 2.17. The molecule has 5 heteroatoms. The van der Waals surface area contributed by atoms with Crippen molar-refractivity contribution in [3.05, 3.63) is 22.6 Å². The number of nitrogens with one attached hydrogen (secondary N) is 1. The van der Waals surface area contributed by atoms with Crippen LogP contribution in [0.25, 0.3) is 0 Å². The van der Waals surface area contributed by atoms with Gasteiger partial charge in [-0.25, -0.2) is 4.98 Å². The normalized spacial score (nSPS) is 23.5. The standard InChI is InChI=1S/C8H11N3O2/c12-7-1-2-9-8(10-7)11-3-5-13-6-4-11/h1-2H,3-6H2,(H,9,10,12)/i3D2. The van der Waals surface area contributed by atoms with Crippen LogP contribution in [0.4, 0.5) is 5.95 Å². The Hall–Kier alpha value is -1.36. The molecule has 1 N–H and O–H groups in total. The molecule has 1 aromatic heterocycles. The van der Waals surface area contributed by atoms with Crippen molar-refractivity contribution in [2.75, 3.05) is 31.2 Å². The largest absolute Gasteiger partial charge is 0.378 e. The molecule has 2 rings (SSSR count). The van der Waals surface area contributed by atoms with Gasteiger partial charge in [-0.15, -0.1) is 0 Å². The SMILES string of the molecule is [2H]C1([2H])COCCN1c1nccc(=O)[nH]1. The number of H-pyrrole nitrogens is 1. The summed E-state index contributed by atoms with van der Waals surface area (Å²) in [5.41, 5.74) is -0.290. The van der Waals surface area contributed by atoms with Crippen molar-refractivity contribution in [2.24, 2.45) is 0 Å². The summed E-state index contributed by atoms with van der Waals surface area (Å²) in [7, 11) is 0. The van der Waals surface area contributed by atoms with Crippen molar-refractivity contribution in [1.29, 1.82) is 0 Å². The predicted octanol–water partition coefficient (Wildman–Crippen LogP) is -0.393. The lowest BCUT2D eigenvalue weighted by molar-refractivity contribution is 0.122. The van der Waals surface area contributed by atoms with E-state index in [4.69, 9.17) is 7.48 Å². The van der Waals surface area contributed by atoms with Gasteiger partial charge in [-0.1, -0.05) is 0 Å². The van der Waals surface area contributed by atoms with Crippen LogP contribution in [0.3, 0.4) is 0 Å². The van der Waals surface area contributed by atoms with Crippen molar-refractivity contribution in [2.45, 2.75) is 0 Å². The second kappa shape index (κ2) is 3.57. The molecule has 0 aromatic carbocycles. The molecular weight excluding hydrogens is 170 g/mol. The molecule has 0 atom stereocenters. The Morgan fingerprint density at radius 3 is 3.38 bits per heavy atom. The first-order valence-electron chi connectivity index (χ1n) is 5.00. The minimum absolute atomic E-state index is 0.0222. The molecule has 1 fully saturated rings. The van der Waals surface area contributed by atoms with Crippen LogP contribution in [0, 0.1) is 0 Å². The van der Waals surface area contributed by atoms with Crippen molar-refractivity contribution >= 4 is 5.95 Å². The van der Waals surface area contributed by atoms with E-state index in [0.717, 1.165) is 0 Å². The summed E-state index contributed by atoms with van der Waals surface area (Å²) in [6, 6.07) is 1.29. The van der Waals surface area contributed by atoms with Gasteiger partial charge in [-0.2, -0.15) is 0 Å². The first-order chi connectivity index (χ1) is 7.09. The summed E-state index contributed by atoms with van der Waals surface area (Å²) in [6.45, 7) is -0.848. The first kappa shape index (κ1) is 6.15. The maximum atomic E-state index is 11.1. The summed E-state index contributed by atoms with van der Waals surface area (Å²) in [5, 5.41) is 0. The zero-order chi connectivity index (χ0) is 10.9. The third-order valence-corrected chi connectivity index (χ3v) is 1.73. The molecule has 2 heterocycles. The van der Waals surface area contributed by atoms with Gasteiger partial charge in [0.2, 0.25) is 5.95 Å². The average molecular weight is 183 g/mol. The lowest BCUT2D eigenvalue weighted by Crippen LogP contribution is -2.38. The van der Waals surface area contributed by atoms with E-state index in [1.807, 2.05) is 0 Å². The number of aromatic amines is 1. The Labute approximate surface area is 78.2 Å². The molecule has 1 aliphatic rings. The van der Waals surface area contributed by atoms with Crippen LogP contribution in [0.5, 0.6) is 0 Å². The Balaban J connectivity index is 2.33. The van der Waals surface area contributed by atoms with Gasteiger partial charge < -0.3 is 9.64 Å². The molecule has 1 saturated heterocycles. The molecule has 13 heavy (non-hydrogen) atoms. The molecule has 0 unspecified atom stereocenters. The quantitative estimate of drug-likeness (QED) is 0.644. The van der Waals surface area contributed by atoms with Gasteiger partial charge in [0, 0.05) is 25.3 Å². The highest BCUT2D eigenvalue weighted by atomic mass is 16.5. The maximum absolute atomic E-state index is 11.1. The highest BCUT2D eigenvalue weighted by Crippen LogP contribution is 2.05. The zero-order valence-electron chi connectivity index (χ0n) is 8.99. The van der Waals surface area contributed by atoms with E-state index >= 15 is 0 Å². The lowest BCUT2D eigenvalue weighted by Gasteiger charge is -2.26. The van der Waals surface area contributed by atoms with E-state index in [0.29, 0.717) is 13.2 Å². The zero-order valence-corrected chi connectivity index (χ0v) is 6.99. The molecule has 0 saturated carbocycles. The van der Waals surface area contributed by atoms with E-state index in [1.165, 1.54) is 17.2 Å². The van der Waals surface area contributed by atoms with Crippen LogP contribution in [0.1, 0.15) is 2.74 Å². The van der Waals surface area contributed by atoms with Gasteiger partial charge in [0.25, 0.3) is 5.56 Å². The predicted molar refractivity (Wildman–Crippen MR) is 47.9 cm³/mol. The van der Waals surface area contributed by atoms with Crippen molar-refractivity contribution < 1.29 is 7.48 Å². The number of hydrogen-bond donors (Lipinski definition) is 1. The Bertz CT molecular complexity index is 407. The first-order valence-corrected chi connectivity index (χ1v) is 4.00. The topological polar surface area (TPSA) is 58.2 Å². The van der Waals surface area contributed by atoms with E-state index in [1.54, 1.807) is 0 Å². The Morgan fingerprint density at radius 2 is 2.62 bits per heavy atom. The van der Waals surface area contributed by atoms with Gasteiger partial charge in [0.15, 0.2) is 0 Å². The number of ether oxygens (including phenoxy) is 1. The van der Waals surface area contributed by atoms with Crippen molar-refractivity contribution in [1.82, 2.24) is 9.97 Å². The highest BCUT2D eigenvalue weighted by molar-refractivity contribution is 5.28. The summed E-state index contributed by atoms with van der Waals surface area (Å²) >= 11 is 0. The number of aromatic nitrogens is 2. The van der Waals surface area contributed by atoms with E-state index in [2.05, 4.69) is 9.97 Å². The Morgan fingerprint density at radius 1 is 1.69 bits per heavy atom. The van der Waals surface area contributed by atoms with Gasteiger partial charge >= 0.3 is 0 Å². The minimum Gasteiger partial charge on any atom is -0.378 e. The van der Waals surface area contributed by atoms with Crippen LogP contribution in [0.15, 0.2) is 17.1 Å². The fourth-order valence-corrected chi connectivity index (χ4v) is 1.11. The molecule has 1 aliphatic heterocycles. The molecule has 0 bridgehead atoms. The molecule has 0 radical (unpaired) electrons. The second-order valence-corrected chi connectivity index (χ2v) is 2.62. The summed E-state index contributed by atoms with van der Waals surface area (Å²) in [4.78, 5) is 18.9. The number of rotatable bonds is 1. The molecule has 0 spiro atoms. The van der Waals surface area contributed by atoms with Gasteiger partial charge in [0.05, 0.1) is 16.0 Å². The van der Waals surface area contributed by atoms with E-state index in [9.17, 15) is 4.79 Å². The highest BCUT2D eigenvalue weighted by Gasteiger charge is 2.12. The van der Waals surface area contributed by atoms with Crippen LogP contribution in [0.2, 0.25) is 0 Å². The van der Waals surface area contributed by atoms with Gasteiger partial charge in [-0.05, 0) is 0 Å². The number of anilines is 1. The summed E-state index contributed by atoms with van der Waals surface area (Å²) < 4.78 is 20.4. The molecule has 1 aromatic rings. The monoisotopic (exact) mass is 183 g/mol. The molecule has 0 aliphatic carbocycles. The summed E-state index contributed by atoms with van der Waals surface area (Å²) in [6.07, 6.45) is 1.36. The lowest BCUT2D eigenvalue weighted by atomic mass is 10.4. The van der Waals surface area contributed by atoms with Crippen molar-refractivity contribution in [3.8, 4) is 0 Å². The van der Waals surface area contributed by atoms with Gasteiger partial charge in [-0.3, -0.25) is 9.78 Å². The van der Waals surface area contributed by atoms with Crippen molar-refractivity contribution in [3.63, 3.8) is 0 Å². The van der Waals surface area contributed by atoms with E-state index in [-0.39, 0.29) is 18.1 Å². The smallest absolute Gasteiger partial charge is 0.252 e. The number of nitrogens with zero attached hydrogens (tertiary/aromatic N) is 2. The van der Waals surface area contributed by atoms with Crippen LogP contribution < -0.4 is 10.5 Å². The third kappa shape index (κ3) is 1.86. The van der Waals surface area contributed by atoms with Crippen LogP contribution >= 0.6 is 0 Å². The Kier molecular flexibility index (Phi) is 1.69. The molecule has 5 nitrogen and oxygen atoms in total.